The molecule has 0 atom stereocenters. The molecular weight excluding hydrogens is 276 g/mol. The number of aliphatic hydroxyl groups is 1. The molecule has 0 spiro atoms. The minimum atomic E-state index is -3.55. The van der Waals surface area contributed by atoms with Crippen LogP contribution < -0.4 is 10.5 Å². The first-order chi connectivity index (χ1) is 9.46. The Morgan fingerprint density at radius 2 is 1.90 bits per heavy atom. The van der Waals surface area contributed by atoms with Gasteiger partial charge in [-0.3, -0.25) is 0 Å². The molecule has 0 aliphatic carbocycles. The van der Waals surface area contributed by atoms with E-state index >= 15 is 0 Å². The van der Waals surface area contributed by atoms with E-state index in [-0.39, 0.29) is 11.5 Å². The zero-order valence-electron chi connectivity index (χ0n) is 12.1. The lowest BCUT2D eigenvalue weighted by molar-refractivity contribution is 0.285. The van der Waals surface area contributed by atoms with Crippen LogP contribution in [-0.2, 0) is 22.9 Å². The van der Waals surface area contributed by atoms with Gasteiger partial charge in [0.15, 0.2) is 0 Å². The van der Waals surface area contributed by atoms with Gasteiger partial charge >= 0.3 is 0 Å². The Labute approximate surface area is 121 Å². The minimum absolute atomic E-state index is 0.0696. The van der Waals surface area contributed by atoms with Crippen LogP contribution in [0.2, 0.25) is 0 Å². The lowest BCUT2D eigenvalue weighted by Gasteiger charge is -2.14. The first kappa shape index (κ1) is 16.9. The summed E-state index contributed by atoms with van der Waals surface area (Å²) >= 11 is 0. The Kier molecular flexibility index (Phi) is 6.45. The standard InChI is InChI=1S/C14H24N2O3S/c1-3-11-9-13(15)12(4-2)14(10-11)20(18,19)16-7-5-6-8-17/h9-10,16-17H,3-8,15H2,1-2H3. The Hall–Kier alpha value is -1.11. The fraction of sp³-hybridized carbons (Fsp3) is 0.571. The summed E-state index contributed by atoms with van der Waals surface area (Å²) in [5, 5.41) is 8.71. The van der Waals surface area contributed by atoms with Gasteiger partial charge in [-0.25, -0.2) is 13.1 Å². The van der Waals surface area contributed by atoms with Crippen molar-refractivity contribution in [3.05, 3.63) is 23.3 Å². The molecule has 0 bridgehead atoms. The van der Waals surface area contributed by atoms with Crippen molar-refractivity contribution in [3.8, 4) is 0 Å². The number of hydrogen-bond acceptors (Lipinski definition) is 4. The monoisotopic (exact) mass is 300 g/mol. The molecule has 0 saturated carbocycles. The number of hydrogen-bond donors (Lipinski definition) is 3. The highest BCUT2D eigenvalue weighted by Crippen LogP contribution is 2.25. The number of sulfonamides is 1. The Balaban J connectivity index is 3.06. The van der Waals surface area contributed by atoms with Crippen molar-refractivity contribution >= 4 is 15.7 Å². The molecule has 6 heteroatoms. The van der Waals surface area contributed by atoms with Gasteiger partial charge in [-0.05, 0) is 48.9 Å². The maximum atomic E-state index is 12.4. The number of rotatable bonds is 8. The predicted molar refractivity (Wildman–Crippen MR) is 81.1 cm³/mol. The van der Waals surface area contributed by atoms with E-state index in [9.17, 15) is 8.42 Å². The molecule has 0 fully saturated rings. The molecule has 4 N–H and O–H groups in total. The molecule has 0 heterocycles. The highest BCUT2D eigenvalue weighted by atomic mass is 32.2. The highest BCUT2D eigenvalue weighted by molar-refractivity contribution is 7.89. The molecule has 1 rings (SSSR count). The number of nitrogens with two attached hydrogens (primary N) is 1. The summed E-state index contributed by atoms with van der Waals surface area (Å²) in [6.45, 7) is 4.25. The van der Waals surface area contributed by atoms with E-state index in [1.165, 1.54) is 0 Å². The second-order valence-electron chi connectivity index (χ2n) is 4.70. The van der Waals surface area contributed by atoms with Gasteiger partial charge in [-0.15, -0.1) is 0 Å². The van der Waals surface area contributed by atoms with Gasteiger partial charge in [0, 0.05) is 18.8 Å². The average molecular weight is 300 g/mol. The van der Waals surface area contributed by atoms with Crippen LogP contribution in [0.5, 0.6) is 0 Å². The molecule has 0 aromatic heterocycles. The Morgan fingerprint density at radius 1 is 1.20 bits per heavy atom. The van der Waals surface area contributed by atoms with Crippen molar-refractivity contribution in [3.63, 3.8) is 0 Å². The Morgan fingerprint density at radius 3 is 2.45 bits per heavy atom. The van der Waals surface area contributed by atoms with E-state index in [0.717, 1.165) is 12.0 Å². The quantitative estimate of drug-likeness (QED) is 0.500. The summed E-state index contributed by atoms with van der Waals surface area (Å²) < 4.78 is 27.3. The molecule has 20 heavy (non-hydrogen) atoms. The SMILES string of the molecule is CCc1cc(N)c(CC)c(S(=O)(=O)NCCCCO)c1. The van der Waals surface area contributed by atoms with E-state index in [0.29, 0.717) is 37.1 Å². The number of benzene rings is 1. The zero-order chi connectivity index (χ0) is 15.2. The summed E-state index contributed by atoms with van der Waals surface area (Å²) in [6.07, 6.45) is 2.50. The van der Waals surface area contributed by atoms with Gasteiger partial charge in [0.1, 0.15) is 0 Å². The van der Waals surface area contributed by atoms with Crippen LogP contribution in [0.3, 0.4) is 0 Å². The number of nitrogens with one attached hydrogen (secondary N) is 1. The summed E-state index contributed by atoms with van der Waals surface area (Å²) in [4.78, 5) is 0.279. The fourth-order valence-corrected chi connectivity index (χ4v) is 3.53. The van der Waals surface area contributed by atoms with Crippen LogP contribution in [0.25, 0.3) is 0 Å². The molecule has 1 aromatic carbocycles. The molecule has 0 aliphatic rings. The predicted octanol–water partition coefficient (Wildman–Crippen LogP) is 1.44. The van der Waals surface area contributed by atoms with E-state index in [2.05, 4.69) is 4.72 Å². The number of unbranched alkanes of at least 4 members (excludes halogenated alkanes) is 1. The second-order valence-corrected chi connectivity index (χ2v) is 6.43. The van der Waals surface area contributed by atoms with Gasteiger partial charge in [0.2, 0.25) is 10.0 Å². The molecule has 114 valence electrons. The van der Waals surface area contributed by atoms with Crippen molar-refractivity contribution in [2.45, 2.75) is 44.4 Å². The van der Waals surface area contributed by atoms with E-state index in [1.54, 1.807) is 6.07 Å². The van der Waals surface area contributed by atoms with Gasteiger partial charge in [0.25, 0.3) is 0 Å². The number of aliphatic hydroxyl groups excluding tert-OH is 1. The maximum absolute atomic E-state index is 12.4. The van der Waals surface area contributed by atoms with Crippen LogP contribution in [0.1, 0.15) is 37.8 Å². The third-order valence-electron chi connectivity index (χ3n) is 3.23. The number of anilines is 1. The summed E-state index contributed by atoms with van der Waals surface area (Å²) in [6, 6.07) is 3.53. The fourth-order valence-electron chi connectivity index (χ4n) is 2.07. The lowest BCUT2D eigenvalue weighted by Crippen LogP contribution is -2.26. The molecule has 0 radical (unpaired) electrons. The summed E-state index contributed by atoms with van der Waals surface area (Å²) in [7, 11) is -3.55. The molecular formula is C14H24N2O3S. The third-order valence-corrected chi connectivity index (χ3v) is 4.76. The second kappa shape index (κ2) is 7.61. The van der Waals surface area contributed by atoms with Crippen molar-refractivity contribution in [1.29, 1.82) is 0 Å². The molecule has 0 unspecified atom stereocenters. The summed E-state index contributed by atoms with van der Waals surface area (Å²) in [5.74, 6) is 0. The van der Waals surface area contributed by atoms with Crippen molar-refractivity contribution in [2.24, 2.45) is 0 Å². The minimum Gasteiger partial charge on any atom is -0.398 e. The van der Waals surface area contributed by atoms with Crippen LogP contribution in [0.15, 0.2) is 17.0 Å². The summed E-state index contributed by atoms with van der Waals surface area (Å²) in [5.41, 5.74) is 8.06. The number of aryl methyl sites for hydroxylation is 1. The van der Waals surface area contributed by atoms with Crippen molar-refractivity contribution in [2.75, 3.05) is 18.9 Å². The van der Waals surface area contributed by atoms with Crippen molar-refractivity contribution < 1.29 is 13.5 Å². The molecule has 5 nitrogen and oxygen atoms in total. The van der Waals surface area contributed by atoms with Crippen LogP contribution >= 0.6 is 0 Å². The van der Waals surface area contributed by atoms with E-state index in [1.807, 2.05) is 19.9 Å². The topological polar surface area (TPSA) is 92.4 Å². The maximum Gasteiger partial charge on any atom is 0.240 e. The van der Waals surface area contributed by atoms with Gasteiger partial charge < -0.3 is 10.8 Å². The van der Waals surface area contributed by atoms with Crippen LogP contribution in [0.4, 0.5) is 5.69 Å². The van der Waals surface area contributed by atoms with E-state index < -0.39 is 10.0 Å². The van der Waals surface area contributed by atoms with E-state index in [4.69, 9.17) is 10.8 Å². The van der Waals surface area contributed by atoms with Gasteiger partial charge in [-0.1, -0.05) is 13.8 Å². The van der Waals surface area contributed by atoms with Crippen LogP contribution in [-0.4, -0.2) is 26.7 Å². The molecule has 0 amide bonds. The first-order valence-electron chi connectivity index (χ1n) is 6.98. The van der Waals surface area contributed by atoms with Gasteiger partial charge in [-0.2, -0.15) is 0 Å². The Bertz CT molecular complexity index is 542. The van der Waals surface area contributed by atoms with Gasteiger partial charge in [0.05, 0.1) is 4.90 Å². The smallest absolute Gasteiger partial charge is 0.240 e. The first-order valence-corrected chi connectivity index (χ1v) is 8.46. The molecule has 0 aliphatic heterocycles. The lowest BCUT2D eigenvalue weighted by atomic mass is 10.1. The molecule has 1 aromatic rings. The number of nitrogen functional groups attached to an aromatic ring is 1. The third kappa shape index (κ3) is 4.19. The largest absolute Gasteiger partial charge is 0.398 e. The molecule has 0 saturated heterocycles. The average Bonchev–Trinajstić information content (AvgIpc) is 2.42. The normalized spacial score (nSPS) is 11.8. The van der Waals surface area contributed by atoms with Crippen molar-refractivity contribution in [1.82, 2.24) is 4.72 Å². The zero-order valence-corrected chi connectivity index (χ0v) is 13.0. The highest BCUT2D eigenvalue weighted by Gasteiger charge is 2.19. The van der Waals surface area contributed by atoms with Crippen LogP contribution in [0, 0.1) is 0 Å².